The fourth-order valence-electron chi connectivity index (χ4n) is 4.10. The standard InChI is InChI=1S/C19H30BrN/c1-5-8-21-19(16-10-13(2)9-14(3)11-16)18-7-6-17(20)12-15(18)4/h6-7,12-14,16,19,21H,5,8-11H2,1-4H3. The molecule has 1 aromatic rings. The van der Waals surface area contributed by atoms with Crippen LogP contribution in [0.4, 0.5) is 0 Å². The first-order valence-electron chi connectivity index (χ1n) is 8.50. The van der Waals surface area contributed by atoms with Crippen LogP contribution in [0.25, 0.3) is 0 Å². The highest BCUT2D eigenvalue weighted by molar-refractivity contribution is 9.10. The largest absolute Gasteiger partial charge is 0.310 e. The Kier molecular flexibility index (Phi) is 6.31. The quantitative estimate of drug-likeness (QED) is 0.699. The predicted molar refractivity (Wildman–Crippen MR) is 95.6 cm³/mol. The normalized spacial score (nSPS) is 27.6. The highest BCUT2D eigenvalue weighted by Crippen LogP contribution is 2.40. The zero-order valence-corrected chi connectivity index (χ0v) is 15.5. The molecule has 3 unspecified atom stereocenters. The summed E-state index contributed by atoms with van der Waals surface area (Å²) >= 11 is 3.59. The van der Waals surface area contributed by atoms with E-state index in [0.29, 0.717) is 6.04 Å². The molecule has 0 spiro atoms. The molecule has 1 aliphatic carbocycles. The summed E-state index contributed by atoms with van der Waals surface area (Å²) in [6.45, 7) is 10.5. The minimum atomic E-state index is 0.517. The number of aryl methyl sites for hydroxylation is 1. The van der Waals surface area contributed by atoms with Crippen molar-refractivity contribution < 1.29 is 0 Å². The van der Waals surface area contributed by atoms with Crippen molar-refractivity contribution in [2.45, 2.75) is 59.4 Å². The van der Waals surface area contributed by atoms with E-state index in [1.54, 1.807) is 0 Å². The van der Waals surface area contributed by atoms with Crippen LogP contribution < -0.4 is 5.32 Å². The number of hydrogen-bond acceptors (Lipinski definition) is 1. The summed E-state index contributed by atoms with van der Waals surface area (Å²) in [6.07, 6.45) is 5.32. The molecule has 1 aromatic carbocycles. The molecule has 2 heteroatoms. The molecule has 0 heterocycles. The lowest BCUT2D eigenvalue weighted by atomic mass is 9.72. The minimum absolute atomic E-state index is 0.517. The average Bonchev–Trinajstić information content (AvgIpc) is 2.40. The maximum absolute atomic E-state index is 3.84. The van der Waals surface area contributed by atoms with Crippen LogP contribution in [0.2, 0.25) is 0 Å². The Labute approximate surface area is 139 Å². The van der Waals surface area contributed by atoms with Gasteiger partial charge >= 0.3 is 0 Å². The molecule has 118 valence electrons. The first-order valence-corrected chi connectivity index (χ1v) is 9.30. The molecule has 0 aliphatic heterocycles. The molecule has 0 radical (unpaired) electrons. The maximum Gasteiger partial charge on any atom is 0.0351 e. The Morgan fingerprint density at radius 1 is 1.19 bits per heavy atom. The Morgan fingerprint density at radius 3 is 2.43 bits per heavy atom. The van der Waals surface area contributed by atoms with Gasteiger partial charge in [0, 0.05) is 10.5 Å². The highest BCUT2D eigenvalue weighted by atomic mass is 79.9. The third kappa shape index (κ3) is 4.56. The lowest BCUT2D eigenvalue weighted by molar-refractivity contribution is 0.176. The van der Waals surface area contributed by atoms with E-state index in [4.69, 9.17) is 0 Å². The van der Waals surface area contributed by atoms with Crippen LogP contribution in [0.1, 0.15) is 63.6 Å². The van der Waals surface area contributed by atoms with Crippen LogP contribution in [0.3, 0.4) is 0 Å². The average molecular weight is 352 g/mol. The van der Waals surface area contributed by atoms with Gasteiger partial charge in [-0.15, -0.1) is 0 Å². The van der Waals surface area contributed by atoms with Crippen LogP contribution in [0.5, 0.6) is 0 Å². The van der Waals surface area contributed by atoms with Crippen LogP contribution in [0.15, 0.2) is 22.7 Å². The number of rotatable bonds is 5. The zero-order valence-electron chi connectivity index (χ0n) is 14.0. The Hall–Kier alpha value is -0.340. The van der Waals surface area contributed by atoms with Crippen LogP contribution >= 0.6 is 15.9 Å². The Morgan fingerprint density at radius 2 is 1.86 bits per heavy atom. The van der Waals surface area contributed by atoms with Gasteiger partial charge in [0.05, 0.1) is 0 Å². The smallest absolute Gasteiger partial charge is 0.0351 e. The third-order valence-corrected chi connectivity index (χ3v) is 5.36. The maximum atomic E-state index is 3.84. The topological polar surface area (TPSA) is 12.0 Å². The lowest BCUT2D eigenvalue weighted by Gasteiger charge is -2.38. The van der Waals surface area contributed by atoms with Crippen molar-refractivity contribution in [2.75, 3.05) is 6.54 Å². The Balaban J connectivity index is 2.24. The van der Waals surface area contributed by atoms with Gasteiger partial charge in [0.25, 0.3) is 0 Å². The summed E-state index contributed by atoms with van der Waals surface area (Å²) in [4.78, 5) is 0. The fourth-order valence-corrected chi connectivity index (χ4v) is 4.58. The van der Waals surface area contributed by atoms with E-state index in [9.17, 15) is 0 Å². The molecule has 2 rings (SSSR count). The summed E-state index contributed by atoms with van der Waals surface area (Å²) in [6, 6.07) is 7.28. The summed E-state index contributed by atoms with van der Waals surface area (Å²) in [5.41, 5.74) is 2.90. The van der Waals surface area contributed by atoms with Gasteiger partial charge in [0.15, 0.2) is 0 Å². The van der Waals surface area contributed by atoms with Crippen molar-refractivity contribution >= 4 is 15.9 Å². The number of nitrogens with one attached hydrogen (secondary N) is 1. The SMILES string of the molecule is CCCNC(c1ccc(Br)cc1C)C1CC(C)CC(C)C1. The van der Waals surface area contributed by atoms with E-state index in [0.717, 1.165) is 24.3 Å². The van der Waals surface area contributed by atoms with E-state index in [-0.39, 0.29) is 0 Å². The van der Waals surface area contributed by atoms with Gasteiger partial charge in [0.2, 0.25) is 0 Å². The van der Waals surface area contributed by atoms with E-state index in [2.05, 4.69) is 67.1 Å². The molecule has 21 heavy (non-hydrogen) atoms. The summed E-state index contributed by atoms with van der Waals surface area (Å²) in [5.74, 6) is 2.50. The molecule has 3 atom stereocenters. The van der Waals surface area contributed by atoms with Crippen LogP contribution in [0, 0.1) is 24.7 Å². The van der Waals surface area contributed by atoms with Gasteiger partial charge in [-0.25, -0.2) is 0 Å². The van der Waals surface area contributed by atoms with Crippen molar-refractivity contribution in [1.29, 1.82) is 0 Å². The van der Waals surface area contributed by atoms with Gasteiger partial charge in [-0.2, -0.15) is 0 Å². The third-order valence-electron chi connectivity index (χ3n) is 4.87. The summed E-state index contributed by atoms with van der Waals surface area (Å²) in [7, 11) is 0. The zero-order chi connectivity index (χ0) is 15.4. The predicted octanol–water partition coefficient (Wildman–Crippen LogP) is 5.87. The molecule has 1 N–H and O–H groups in total. The fraction of sp³-hybridized carbons (Fsp3) is 0.684. The molecule has 0 aromatic heterocycles. The van der Waals surface area contributed by atoms with E-state index in [1.165, 1.54) is 41.3 Å². The Bertz CT molecular complexity index is 447. The summed E-state index contributed by atoms with van der Waals surface area (Å²) in [5, 5.41) is 3.84. The van der Waals surface area contributed by atoms with Crippen molar-refractivity contribution in [3.8, 4) is 0 Å². The van der Waals surface area contributed by atoms with E-state index < -0.39 is 0 Å². The first kappa shape index (κ1) is 17.0. The van der Waals surface area contributed by atoms with Crippen molar-refractivity contribution in [3.05, 3.63) is 33.8 Å². The highest BCUT2D eigenvalue weighted by Gasteiger charge is 2.31. The summed E-state index contributed by atoms with van der Waals surface area (Å²) < 4.78 is 1.18. The molecular weight excluding hydrogens is 322 g/mol. The van der Waals surface area contributed by atoms with Crippen molar-refractivity contribution in [2.24, 2.45) is 17.8 Å². The number of hydrogen-bond donors (Lipinski definition) is 1. The van der Waals surface area contributed by atoms with Crippen molar-refractivity contribution in [3.63, 3.8) is 0 Å². The number of halogens is 1. The minimum Gasteiger partial charge on any atom is -0.310 e. The van der Waals surface area contributed by atoms with Gasteiger partial charge in [0.1, 0.15) is 0 Å². The van der Waals surface area contributed by atoms with Gasteiger partial charge in [-0.3, -0.25) is 0 Å². The molecule has 1 fully saturated rings. The molecule has 1 saturated carbocycles. The monoisotopic (exact) mass is 351 g/mol. The lowest BCUT2D eigenvalue weighted by Crippen LogP contribution is -2.34. The molecule has 1 nitrogen and oxygen atoms in total. The van der Waals surface area contributed by atoms with Gasteiger partial charge in [-0.05, 0) is 80.2 Å². The van der Waals surface area contributed by atoms with E-state index in [1.807, 2.05) is 0 Å². The number of benzene rings is 1. The molecule has 0 amide bonds. The second kappa shape index (κ2) is 7.78. The second-order valence-electron chi connectivity index (χ2n) is 7.11. The second-order valence-corrected chi connectivity index (χ2v) is 8.03. The molecular formula is C19H30BrN. The van der Waals surface area contributed by atoms with Crippen LogP contribution in [-0.4, -0.2) is 6.54 Å². The van der Waals surface area contributed by atoms with Gasteiger partial charge in [-0.1, -0.05) is 42.8 Å². The van der Waals surface area contributed by atoms with Crippen LogP contribution in [-0.2, 0) is 0 Å². The van der Waals surface area contributed by atoms with Crippen molar-refractivity contribution in [1.82, 2.24) is 5.32 Å². The van der Waals surface area contributed by atoms with Gasteiger partial charge < -0.3 is 5.32 Å². The molecule has 0 saturated heterocycles. The van der Waals surface area contributed by atoms with E-state index >= 15 is 0 Å². The molecule has 0 bridgehead atoms. The first-order chi connectivity index (χ1) is 10.0. The molecule has 1 aliphatic rings.